The Morgan fingerprint density at radius 1 is 1.24 bits per heavy atom. The monoisotopic (exact) mass is 313 g/mol. The van der Waals surface area contributed by atoms with Crippen LogP contribution in [0.25, 0.3) is 0 Å². The predicted molar refractivity (Wildman–Crippen MR) is 94.1 cm³/mol. The van der Waals surface area contributed by atoms with Gasteiger partial charge in [-0.15, -0.1) is 0 Å². The van der Waals surface area contributed by atoms with Crippen molar-refractivity contribution in [2.75, 3.05) is 24.7 Å². The van der Waals surface area contributed by atoms with Crippen molar-refractivity contribution >= 4 is 11.8 Å². The Hall–Kier alpha value is 0.270. The zero-order valence-electron chi connectivity index (χ0n) is 14.3. The lowest BCUT2D eigenvalue weighted by Gasteiger charge is -2.41. The van der Waals surface area contributed by atoms with E-state index in [1.807, 2.05) is 0 Å². The molecule has 0 aromatic rings. The first-order valence-electron chi connectivity index (χ1n) is 9.10. The number of ether oxygens (including phenoxy) is 1. The molecule has 2 aliphatic rings. The van der Waals surface area contributed by atoms with Gasteiger partial charge in [-0.05, 0) is 56.2 Å². The Balaban J connectivity index is 1.87. The molecule has 1 heterocycles. The van der Waals surface area contributed by atoms with E-state index in [9.17, 15) is 0 Å². The molecule has 0 aromatic heterocycles. The van der Waals surface area contributed by atoms with Crippen molar-refractivity contribution in [2.24, 2.45) is 11.8 Å². The molecular weight excluding hydrogens is 278 g/mol. The van der Waals surface area contributed by atoms with Crippen molar-refractivity contribution in [2.45, 2.75) is 77.4 Å². The zero-order valence-corrected chi connectivity index (χ0v) is 15.1. The molecule has 0 bridgehead atoms. The van der Waals surface area contributed by atoms with Gasteiger partial charge in [0.25, 0.3) is 0 Å². The highest BCUT2D eigenvalue weighted by molar-refractivity contribution is 7.99. The third-order valence-corrected chi connectivity index (χ3v) is 6.52. The van der Waals surface area contributed by atoms with Crippen LogP contribution < -0.4 is 5.32 Å². The van der Waals surface area contributed by atoms with Crippen LogP contribution in [0, 0.1) is 11.8 Å². The molecule has 3 heteroatoms. The van der Waals surface area contributed by atoms with Crippen LogP contribution in [0.4, 0.5) is 0 Å². The van der Waals surface area contributed by atoms with E-state index in [2.05, 4.69) is 37.8 Å². The van der Waals surface area contributed by atoms with Gasteiger partial charge in [-0.1, -0.05) is 33.6 Å². The van der Waals surface area contributed by atoms with Gasteiger partial charge < -0.3 is 10.1 Å². The van der Waals surface area contributed by atoms with Gasteiger partial charge in [-0.3, -0.25) is 0 Å². The molecule has 1 saturated heterocycles. The van der Waals surface area contributed by atoms with Crippen LogP contribution >= 0.6 is 11.8 Å². The van der Waals surface area contributed by atoms with Gasteiger partial charge in [0.15, 0.2) is 0 Å². The number of hydrogen-bond acceptors (Lipinski definition) is 3. The summed E-state index contributed by atoms with van der Waals surface area (Å²) in [6.45, 7) is 9.07. The van der Waals surface area contributed by atoms with Crippen LogP contribution in [0.3, 0.4) is 0 Å². The molecule has 2 fully saturated rings. The molecular formula is C18H35NOS. The summed E-state index contributed by atoms with van der Waals surface area (Å²) in [6.07, 6.45) is 9.16. The first-order valence-corrected chi connectivity index (χ1v) is 10.3. The predicted octanol–water partition coefficient (Wildman–Crippen LogP) is 4.48. The van der Waals surface area contributed by atoms with Crippen LogP contribution in [0.15, 0.2) is 0 Å². The summed E-state index contributed by atoms with van der Waals surface area (Å²) in [4.78, 5) is 0. The molecule has 0 amide bonds. The van der Waals surface area contributed by atoms with Crippen molar-refractivity contribution in [3.63, 3.8) is 0 Å². The van der Waals surface area contributed by atoms with Crippen molar-refractivity contribution < 1.29 is 4.74 Å². The standard InChI is InChI=1S/C18H35NOS/c1-4-10-19-17(14-21-13-15(2)3)16-7-11-20-18(12-16)8-5-6-9-18/h15-17,19H,4-14H2,1-3H3. The van der Waals surface area contributed by atoms with Crippen LogP contribution in [-0.2, 0) is 4.74 Å². The zero-order chi connectivity index (χ0) is 15.1. The third kappa shape index (κ3) is 5.44. The molecule has 1 spiro atoms. The van der Waals surface area contributed by atoms with Gasteiger partial charge in [0.1, 0.15) is 0 Å². The van der Waals surface area contributed by atoms with Crippen LogP contribution in [-0.4, -0.2) is 36.3 Å². The van der Waals surface area contributed by atoms with E-state index in [-0.39, 0.29) is 5.60 Å². The number of hydrogen-bond donors (Lipinski definition) is 1. The van der Waals surface area contributed by atoms with Crippen LogP contribution in [0.1, 0.15) is 65.7 Å². The highest BCUT2D eigenvalue weighted by Gasteiger charge is 2.41. The molecule has 1 N–H and O–H groups in total. The van der Waals surface area contributed by atoms with Gasteiger partial charge in [0.05, 0.1) is 5.60 Å². The molecule has 1 aliphatic heterocycles. The average Bonchev–Trinajstić information content (AvgIpc) is 2.90. The van der Waals surface area contributed by atoms with Crippen LogP contribution in [0.2, 0.25) is 0 Å². The minimum absolute atomic E-state index is 0.262. The normalized spacial score (nSPS) is 26.6. The maximum Gasteiger partial charge on any atom is 0.0685 e. The van der Waals surface area contributed by atoms with Gasteiger partial charge in [-0.2, -0.15) is 11.8 Å². The summed E-state index contributed by atoms with van der Waals surface area (Å²) < 4.78 is 6.22. The Labute approximate surface area is 136 Å². The van der Waals surface area contributed by atoms with Gasteiger partial charge in [0, 0.05) is 18.4 Å². The fourth-order valence-electron chi connectivity index (χ4n) is 3.90. The lowest BCUT2D eigenvalue weighted by atomic mass is 9.81. The molecule has 21 heavy (non-hydrogen) atoms. The molecule has 0 radical (unpaired) electrons. The Morgan fingerprint density at radius 3 is 2.67 bits per heavy atom. The van der Waals surface area contributed by atoms with Gasteiger partial charge >= 0.3 is 0 Å². The summed E-state index contributed by atoms with van der Waals surface area (Å²) in [5.74, 6) is 4.19. The van der Waals surface area contributed by atoms with E-state index in [1.165, 1.54) is 56.5 Å². The van der Waals surface area contributed by atoms with E-state index < -0.39 is 0 Å². The fraction of sp³-hybridized carbons (Fsp3) is 1.00. The summed E-state index contributed by atoms with van der Waals surface area (Å²) in [5.41, 5.74) is 0.262. The summed E-state index contributed by atoms with van der Waals surface area (Å²) in [7, 11) is 0. The Morgan fingerprint density at radius 2 is 2.00 bits per heavy atom. The molecule has 0 aromatic carbocycles. The summed E-state index contributed by atoms with van der Waals surface area (Å²) in [5, 5.41) is 3.84. The number of thioether (sulfide) groups is 1. The molecule has 2 rings (SSSR count). The Kier molecular flexibility index (Phi) is 7.37. The van der Waals surface area contributed by atoms with Gasteiger partial charge in [0.2, 0.25) is 0 Å². The minimum atomic E-state index is 0.262. The average molecular weight is 314 g/mol. The van der Waals surface area contributed by atoms with E-state index in [1.54, 1.807) is 0 Å². The second-order valence-electron chi connectivity index (χ2n) is 7.48. The topological polar surface area (TPSA) is 21.3 Å². The van der Waals surface area contributed by atoms with E-state index in [0.29, 0.717) is 6.04 Å². The lowest BCUT2D eigenvalue weighted by molar-refractivity contribution is -0.0967. The van der Waals surface area contributed by atoms with Crippen molar-refractivity contribution in [1.82, 2.24) is 5.32 Å². The molecule has 2 atom stereocenters. The highest BCUT2D eigenvalue weighted by atomic mass is 32.2. The quantitative estimate of drug-likeness (QED) is 0.714. The summed E-state index contributed by atoms with van der Waals surface area (Å²) in [6, 6.07) is 0.690. The second kappa shape index (κ2) is 8.79. The molecule has 2 unspecified atom stereocenters. The molecule has 2 nitrogen and oxygen atoms in total. The van der Waals surface area contributed by atoms with E-state index >= 15 is 0 Å². The second-order valence-corrected chi connectivity index (χ2v) is 8.56. The van der Waals surface area contributed by atoms with Crippen molar-refractivity contribution in [1.29, 1.82) is 0 Å². The number of rotatable bonds is 8. The van der Waals surface area contributed by atoms with Crippen LogP contribution in [0.5, 0.6) is 0 Å². The highest BCUT2D eigenvalue weighted by Crippen LogP contribution is 2.43. The van der Waals surface area contributed by atoms with Crippen molar-refractivity contribution in [3.8, 4) is 0 Å². The minimum Gasteiger partial charge on any atom is -0.375 e. The maximum atomic E-state index is 6.22. The third-order valence-electron chi connectivity index (χ3n) is 5.02. The van der Waals surface area contributed by atoms with Gasteiger partial charge in [-0.25, -0.2) is 0 Å². The number of nitrogens with one attached hydrogen (secondary N) is 1. The fourth-order valence-corrected chi connectivity index (χ4v) is 5.15. The van der Waals surface area contributed by atoms with E-state index in [4.69, 9.17) is 4.74 Å². The molecule has 124 valence electrons. The molecule has 1 aliphatic carbocycles. The molecule has 1 saturated carbocycles. The largest absolute Gasteiger partial charge is 0.375 e. The first kappa shape index (κ1) is 17.6. The first-order chi connectivity index (χ1) is 10.2. The van der Waals surface area contributed by atoms with E-state index in [0.717, 1.165) is 25.0 Å². The lowest BCUT2D eigenvalue weighted by Crippen LogP contribution is -2.47. The maximum absolute atomic E-state index is 6.22. The van der Waals surface area contributed by atoms with Crippen molar-refractivity contribution in [3.05, 3.63) is 0 Å². The summed E-state index contributed by atoms with van der Waals surface area (Å²) >= 11 is 2.14. The SMILES string of the molecule is CCCNC(CSCC(C)C)C1CCOC2(CCCC2)C1. The smallest absolute Gasteiger partial charge is 0.0685 e. The Bertz CT molecular complexity index is 289.